The summed E-state index contributed by atoms with van der Waals surface area (Å²) in [5.74, 6) is -0.0109. The fraction of sp³-hybridized carbons (Fsp3) is 0.462. The first-order valence-corrected chi connectivity index (χ1v) is 6.15. The van der Waals surface area contributed by atoms with Gasteiger partial charge in [0.2, 0.25) is 0 Å². The summed E-state index contributed by atoms with van der Waals surface area (Å²) in [5, 5.41) is 3.11. The highest BCUT2D eigenvalue weighted by Gasteiger charge is 2.04. The van der Waals surface area contributed by atoms with Crippen LogP contribution in [-0.4, -0.2) is 17.8 Å². The zero-order valence-electron chi connectivity index (χ0n) is 9.58. The lowest BCUT2D eigenvalue weighted by atomic mass is 10.2. The van der Waals surface area contributed by atoms with Crippen LogP contribution in [0.2, 0.25) is 0 Å². The third kappa shape index (κ3) is 4.67. The number of rotatable bonds is 6. The van der Waals surface area contributed by atoms with Crippen LogP contribution in [0.25, 0.3) is 0 Å². The van der Waals surface area contributed by atoms with Crippen molar-refractivity contribution in [2.45, 2.75) is 31.6 Å². The third-order valence-corrected chi connectivity index (χ3v) is 2.99. The van der Waals surface area contributed by atoms with Crippen LogP contribution >= 0.6 is 11.6 Å². The van der Waals surface area contributed by atoms with E-state index in [1.54, 1.807) is 0 Å². The number of halogens is 1. The minimum atomic E-state index is -0.0109. The van der Waals surface area contributed by atoms with Crippen molar-refractivity contribution in [1.29, 1.82) is 0 Å². The molecule has 1 amide bonds. The molecular formula is C13H18ClNO. The summed E-state index contributed by atoms with van der Waals surface area (Å²) in [6, 6.07) is 9.25. The Morgan fingerprint density at radius 1 is 1.38 bits per heavy atom. The topological polar surface area (TPSA) is 29.1 Å². The van der Waals surface area contributed by atoms with E-state index in [1.807, 2.05) is 30.3 Å². The van der Waals surface area contributed by atoms with Gasteiger partial charge in [-0.1, -0.05) is 25.1 Å². The van der Waals surface area contributed by atoms with Gasteiger partial charge in [-0.15, -0.1) is 11.6 Å². The van der Waals surface area contributed by atoms with E-state index in [1.165, 1.54) is 0 Å². The Balaban J connectivity index is 2.21. The number of hydrogen-bond acceptors (Lipinski definition) is 1. The SMILES string of the molecule is CCC(Cl)CCCNC(=O)c1ccccc1. The predicted molar refractivity (Wildman–Crippen MR) is 67.9 cm³/mol. The average Bonchev–Trinajstić information content (AvgIpc) is 2.35. The van der Waals surface area contributed by atoms with Gasteiger partial charge in [-0.25, -0.2) is 0 Å². The van der Waals surface area contributed by atoms with Gasteiger partial charge in [-0.05, 0) is 31.4 Å². The summed E-state index contributed by atoms with van der Waals surface area (Å²) < 4.78 is 0. The first kappa shape index (κ1) is 13.0. The molecule has 0 aliphatic rings. The van der Waals surface area contributed by atoms with Crippen molar-refractivity contribution in [2.75, 3.05) is 6.54 Å². The van der Waals surface area contributed by atoms with Crippen LogP contribution in [-0.2, 0) is 0 Å². The Hall–Kier alpha value is -1.02. The summed E-state index contributed by atoms with van der Waals surface area (Å²) in [6.07, 6.45) is 2.86. The third-order valence-electron chi connectivity index (χ3n) is 2.46. The summed E-state index contributed by atoms with van der Waals surface area (Å²) in [5.41, 5.74) is 0.709. The highest BCUT2D eigenvalue weighted by atomic mass is 35.5. The number of nitrogens with one attached hydrogen (secondary N) is 1. The second-order valence-corrected chi connectivity index (χ2v) is 4.39. The molecule has 0 aliphatic carbocycles. The quantitative estimate of drug-likeness (QED) is 0.600. The predicted octanol–water partition coefficient (Wildman–Crippen LogP) is 3.21. The molecule has 16 heavy (non-hydrogen) atoms. The van der Waals surface area contributed by atoms with E-state index in [0.29, 0.717) is 12.1 Å². The number of alkyl halides is 1. The van der Waals surface area contributed by atoms with Gasteiger partial charge in [0.25, 0.3) is 5.91 Å². The van der Waals surface area contributed by atoms with E-state index < -0.39 is 0 Å². The van der Waals surface area contributed by atoms with Crippen LogP contribution in [0, 0.1) is 0 Å². The first-order chi connectivity index (χ1) is 7.74. The Labute approximate surface area is 102 Å². The van der Waals surface area contributed by atoms with Crippen LogP contribution in [0.3, 0.4) is 0 Å². The second kappa shape index (κ2) is 7.29. The maximum absolute atomic E-state index is 11.6. The molecule has 0 bridgehead atoms. The molecule has 1 N–H and O–H groups in total. The summed E-state index contributed by atoms with van der Waals surface area (Å²) in [6.45, 7) is 2.76. The van der Waals surface area contributed by atoms with E-state index in [2.05, 4.69) is 12.2 Å². The maximum Gasteiger partial charge on any atom is 0.251 e. The van der Waals surface area contributed by atoms with Crippen LogP contribution < -0.4 is 5.32 Å². The van der Waals surface area contributed by atoms with Gasteiger partial charge in [-0.2, -0.15) is 0 Å². The molecule has 1 aromatic rings. The average molecular weight is 240 g/mol. The highest BCUT2D eigenvalue weighted by Crippen LogP contribution is 2.08. The van der Waals surface area contributed by atoms with Crippen LogP contribution in [0.15, 0.2) is 30.3 Å². The van der Waals surface area contributed by atoms with E-state index in [0.717, 1.165) is 19.3 Å². The molecule has 0 heterocycles. The highest BCUT2D eigenvalue weighted by molar-refractivity contribution is 6.20. The Bertz CT molecular complexity index is 313. The van der Waals surface area contributed by atoms with Crippen LogP contribution in [0.4, 0.5) is 0 Å². The molecule has 3 heteroatoms. The van der Waals surface area contributed by atoms with Gasteiger partial charge in [0.05, 0.1) is 0 Å². The van der Waals surface area contributed by atoms with Crippen molar-refractivity contribution in [3.05, 3.63) is 35.9 Å². The van der Waals surface area contributed by atoms with E-state index >= 15 is 0 Å². The minimum absolute atomic E-state index is 0.0109. The van der Waals surface area contributed by atoms with Crippen molar-refractivity contribution in [1.82, 2.24) is 5.32 Å². The molecule has 1 unspecified atom stereocenters. The largest absolute Gasteiger partial charge is 0.352 e. The Morgan fingerprint density at radius 3 is 2.69 bits per heavy atom. The monoisotopic (exact) mass is 239 g/mol. The fourth-order valence-electron chi connectivity index (χ4n) is 1.42. The lowest BCUT2D eigenvalue weighted by Gasteiger charge is -2.07. The van der Waals surface area contributed by atoms with Crippen molar-refractivity contribution < 1.29 is 4.79 Å². The van der Waals surface area contributed by atoms with E-state index in [-0.39, 0.29) is 11.3 Å². The van der Waals surface area contributed by atoms with Gasteiger partial charge in [-0.3, -0.25) is 4.79 Å². The molecule has 2 nitrogen and oxygen atoms in total. The number of amides is 1. The standard InChI is InChI=1S/C13H18ClNO/c1-2-12(14)9-6-10-15-13(16)11-7-4-3-5-8-11/h3-5,7-8,12H,2,6,9-10H2,1H3,(H,15,16). The lowest BCUT2D eigenvalue weighted by molar-refractivity contribution is 0.0953. The number of carbonyl (C=O) groups excluding carboxylic acids is 1. The number of carbonyl (C=O) groups is 1. The molecule has 1 aromatic carbocycles. The molecule has 0 aliphatic heterocycles. The molecule has 0 saturated heterocycles. The van der Waals surface area contributed by atoms with E-state index in [9.17, 15) is 4.79 Å². The molecule has 0 fully saturated rings. The normalized spacial score (nSPS) is 12.1. The van der Waals surface area contributed by atoms with Gasteiger partial charge in [0.1, 0.15) is 0 Å². The Morgan fingerprint density at radius 2 is 2.06 bits per heavy atom. The van der Waals surface area contributed by atoms with Crippen molar-refractivity contribution in [2.24, 2.45) is 0 Å². The lowest BCUT2D eigenvalue weighted by Crippen LogP contribution is -2.24. The first-order valence-electron chi connectivity index (χ1n) is 5.71. The maximum atomic E-state index is 11.6. The van der Waals surface area contributed by atoms with Gasteiger partial charge < -0.3 is 5.32 Å². The van der Waals surface area contributed by atoms with Gasteiger partial charge in [0.15, 0.2) is 0 Å². The van der Waals surface area contributed by atoms with Crippen molar-refractivity contribution in [3.8, 4) is 0 Å². The second-order valence-electron chi connectivity index (χ2n) is 3.77. The molecule has 0 aromatic heterocycles. The molecule has 88 valence electrons. The fourth-order valence-corrected chi connectivity index (χ4v) is 1.58. The zero-order chi connectivity index (χ0) is 11.8. The molecular weight excluding hydrogens is 222 g/mol. The molecule has 0 saturated carbocycles. The zero-order valence-corrected chi connectivity index (χ0v) is 10.3. The molecule has 0 radical (unpaired) electrons. The molecule has 0 spiro atoms. The van der Waals surface area contributed by atoms with Crippen LogP contribution in [0.1, 0.15) is 36.5 Å². The van der Waals surface area contributed by atoms with Gasteiger partial charge >= 0.3 is 0 Å². The summed E-state index contributed by atoms with van der Waals surface area (Å²) >= 11 is 5.98. The number of hydrogen-bond donors (Lipinski definition) is 1. The molecule has 1 atom stereocenters. The van der Waals surface area contributed by atoms with Crippen molar-refractivity contribution >= 4 is 17.5 Å². The molecule has 1 rings (SSSR count). The summed E-state index contributed by atoms with van der Waals surface area (Å²) in [7, 11) is 0. The number of benzene rings is 1. The van der Waals surface area contributed by atoms with Gasteiger partial charge in [0, 0.05) is 17.5 Å². The minimum Gasteiger partial charge on any atom is -0.352 e. The van der Waals surface area contributed by atoms with Crippen LogP contribution in [0.5, 0.6) is 0 Å². The summed E-state index contributed by atoms with van der Waals surface area (Å²) in [4.78, 5) is 11.6. The Kier molecular flexibility index (Phi) is 5.94. The van der Waals surface area contributed by atoms with E-state index in [4.69, 9.17) is 11.6 Å². The van der Waals surface area contributed by atoms with Crippen molar-refractivity contribution in [3.63, 3.8) is 0 Å². The smallest absolute Gasteiger partial charge is 0.251 e.